The van der Waals surface area contributed by atoms with Crippen LogP contribution < -0.4 is 4.90 Å². The highest BCUT2D eigenvalue weighted by molar-refractivity contribution is 8.04. The van der Waals surface area contributed by atoms with Crippen molar-refractivity contribution in [1.29, 1.82) is 0 Å². The van der Waals surface area contributed by atoms with Crippen molar-refractivity contribution < 1.29 is 19.1 Å². The van der Waals surface area contributed by atoms with Crippen LogP contribution >= 0.6 is 11.8 Å². The summed E-state index contributed by atoms with van der Waals surface area (Å²) in [5, 5.41) is 9.16. The lowest BCUT2D eigenvalue weighted by Gasteiger charge is -2.21. The zero-order valence-electron chi connectivity index (χ0n) is 16.0. The summed E-state index contributed by atoms with van der Waals surface area (Å²) in [6.45, 7) is 6.15. The van der Waals surface area contributed by atoms with Gasteiger partial charge in [0, 0.05) is 5.75 Å². The molecule has 28 heavy (non-hydrogen) atoms. The monoisotopic (exact) mass is 399 g/mol. The van der Waals surface area contributed by atoms with Gasteiger partial charge in [0.25, 0.3) is 11.8 Å². The van der Waals surface area contributed by atoms with Crippen LogP contribution in [0.3, 0.4) is 0 Å². The van der Waals surface area contributed by atoms with Crippen LogP contribution in [0.25, 0.3) is 5.57 Å². The number of carbonyl (C=O) groups excluding carboxylic acids is 2. The number of carbonyl (C=O) groups is 2. The molecule has 0 saturated heterocycles. The third-order valence-corrected chi connectivity index (χ3v) is 5.56. The molecule has 0 fully saturated rings. The summed E-state index contributed by atoms with van der Waals surface area (Å²) in [4.78, 5) is 27.6. The lowest BCUT2D eigenvalue weighted by molar-refractivity contribution is -0.119. The zero-order valence-corrected chi connectivity index (χ0v) is 16.8. The molecule has 1 aliphatic heterocycles. The minimum atomic E-state index is -0.444. The predicted octanol–water partition coefficient (Wildman–Crippen LogP) is 4.13. The minimum absolute atomic E-state index is 0.0444. The highest BCUT2D eigenvalue weighted by Crippen LogP contribution is 2.38. The fourth-order valence-electron chi connectivity index (χ4n) is 3.01. The second-order valence-electron chi connectivity index (χ2n) is 7.53. The van der Waals surface area contributed by atoms with Crippen molar-refractivity contribution in [3.63, 3.8) is 0 Å². The Labute approximate surface area is 168 Å². The molecule has 1 N–H and O–H groups in total. The van der Waals surface area contributed by atoms with Gasteiger partial charge in [-0.1, -0.05) is 45.0 Å². The summed E-state index contributed by atoms with van der Waals surface area (Å²) in [7, 11) is 0. The van der Waals surface area contributed by atoms with E-state index in [4.69, 9.17) is 5.11 Å². The van der Waals surface area contributed by atoms with Gasteiger partial charge in [0.05, 0.1) is 22.8 Å². The Morgan fingerprint density at radius 2 is 1.57 bits per heavy atom. The highest BCUT2D eigenvalue weighted by atomic mass is 32.2. The number of hydrogen-bond acceptors (Lipinski definition) is 4. The van der Waals surface area contributed by atoms with Crippen LogP contribution in [-0.2, 0) is 15.0 Å². The van der Waals surface area contributed by atoms with Gasteiger partial charge < -0.3 is 5.11 Å². The van der Waals surface area contributed by atoms with Gasteiger partial charge in [0.2, 0.25) is 0 Å². The van der Waals surface area contributed by atoms with E-state index >= 15 is 0 Å². The number of benzene rings is 2. The van der Waals surface area contributed by atoms with Crippen molar-refractivity contribution in [3.05, 3.63) is 70.4 Å². The Bertz CT molecular complexity index is 928. The normalized spacial score (nSPS) is 15.0. The summed E-state index contributed by atoms with van der Waals surface area (Å²) >= 11 is 1.13. The molecule has 0 saturated carbocycles. The summed E-state index contributed by atoms with van der Waals surface area (Å²) in [6, 6.07) is 12.8. The molecule has 1 aliphatic rings. The predicted molar refractivity (Wildman–Crippen MR) is 110 cm³/mol. The zero-order chi connectivity index (χ0) is 20.5. The molecule has 1 heterocycles. The van der Waals surface area contributed by atoms with E-state index < -0.39 is 17.6 Å². The van der Waals surface area contributed by atoms with Gasteiger partial charge in [-0.2, -0.15) is 0 Å². The van der Waals surface area contributed by atoms with Crippen LogP contribution in [0.5, 0.6) is 0 Å². The van der Waals surface area contributed by atoms with E-state index in [2.05, 4.69) is 20.8 Å². The molecular weight excluding hydrogens is 377 g/mol. The standard InChI is InChI=1S/C22H22FNO3S/c1-22(2,3)15-6-10-17(11-7-15)24-20(26)18(14-4-8-16(23)9-5-14)19(21(24)27)28-13-12-25/h4-11,25H,12-13H2,1-3H3. The van der Waals surface area contributed by atoms with Crippen molar-refractivity contribution in [2.75, 3.05) is 17.3 Å². The fraction of sp³-hybridized carbons (Fsp3) is 0.273. The lowest BCUT2D eigenvalue weighted by atomic mass is 9.87. The smallest absolute Gasteiger partial charge is 0.272 e. The lowest BCUT2D eigenvalue weighted by Crippen LogP contribution is -2.31. The Morgan fingerprint density at radius 3 is 2.11 bits per heavy atom. The van der Waals surface area contributed by atoms with E-state index in [9.17, 15) is 14.0 Å². The van der Waals surface area contributed by atoms with Gasteiger partial charge in [-0.3, -0.25) is 9.59 Å². The number of amides is 2. The Morgan fingerprint density at radius 1 is 0.964 bits per heavy atom. The van der Waals surface area contributed by atoms with Crippen molar-refractivity contribution in [2.24, 2.45) is 0 Å². The second-order valence-corrected chi connectivity index (χ2v) is 8.63. The van der Waals surface area contributed by atoms with E-state index in [-0.39, 0.29) is 28.3 Å². The molecular formula is C22H22FNO3S. The molecule has 0 aliphatic carbocycles. The van der Waals surface area contributed by atoms with E-state index in [1.54, 1.807) is 12.1 Å². The quantitative estimate of drug-likeness (QED) is 0.768. The first-order valence-corrected chi connectivity index (χ1v) is 9.96. The third-order valence-electron chi connectivity index (χ3n) is 4.50. The number of imide groups is 1. The van der Waals surface area contributed by atoms with E-state index in [1.807, 2.05) is 12.1 Å². The third kappa shape index (κ3) is 3.88. The van der Waals surface area contributed by atoms with Crippen LogP contribution in [0.4, 0.5) is 10.1 Å². The average Bonchev–Trinajstić information content (AvgIpc) is 2.90. The number of hydrogen-bond donors (Lipinski definition) is 1. The van der Waals surface area contributed by atoms with E-state index in [1.165, 1.54) is 24.3 Å². The number of nitrogens with zero attached hydrogens (tertiary/aromatic N) is 1. The molecule has 0 atom stereocenters. The fourth-order valence-corrected chi connectivity index (χ4v) is 3.87. The van der Waals surface area contributed by atoms with Gasteiger partial charge in [0.15, 0.2) is 0 Å². The van der Waals surface area contributed by atoms with Gasteiger partial charge >= 0.3 is 0 Å². The van der Waals surface area contributed by atoms with Crippen LogP contribution in [0.2, 0.25) is 0 Å². The molecule has 0 unspecified atom stereocenters. The van der Waals surface area contributed by atoms with Crippen molar-refractivity contribution >= 4 is 34.8 Å². The molecule has 0 radical (unpaired) electrons. The number of thioether (sulfide) groups is 1. The maximum Gasteiger partial charge on any atom is 0.272 e. The first kappa shape index (κ1) is 20.3. The maximum atomic E-state index is 13.3. The molecule has 4 nitrogen and oxygen atoms in total. The SMILES string of the molecule is CC(C)(C)c1ccc(N2C(=O)C(SCCO)=C(c3ccc(F)cc3)C2=O)cc1. The van der Waals surface area contributed by atoms with E-state index in [0.717, 1.165) is 22.2 Å². The van der Waals surface area contributed by atoms with Crippen molar-refractivity contribution in [2.45, 2.75) is 26.2 Å². The van der Waals surface area contributed by atoms with Crippen LogP contribution in [0.15, 0.2) is 53.4 Å². The molecule has 0 spiro atoms. The van der Waals surface area contributed by atoms with Crippen LogP contribution in [-0.4, -0.2) is 29.3 Å². The molecule has 146 valence electrons. The van der Waals surface area contributed by atoms with Crippen LogP contribution in [0, 0.1) is 5.82 Å². The number of rotatable bonds is 5. The summed E-state index contributed by atoms with van der Waals surface area (Å²) in [5.41, 5.74) is 2.26. The average molecular weight is 399 g/mol. The minimum Gasteiger partial charge on any atom is -0.396 e. The molecule has 6 heteroatoms. The van der Waals surface area contributed by atoms with Gasteiger partial charge in [-0.05, 0) is 40.8 Å². The number of aliphatic hydroxyl groups is 1. The summed E-state index contributed by atoms with van der Waals surface area (Å²) in [5.74, 6) is -0.997. The summed E-state index contributed by atoms with van der Waals surface area (Å²) in [6.07, 6.45) is 0. The van der Waals surface area contributed by atoms with E-state index in [0.29, 0.717) is 11.3 Å². The molecule has 0 aromatic heterocycles. The molecule has 2 aromatic carbocycles. The second kappa shape index (κ2) is 7.89. The van der Waals surface area contributed by atoms with Crippen LogP contribution in [0.1, 0.15) is 31.9 Å². The maximum absolute atomic E-state index is 13.3. The van der Waals surface area contributed by atoms with Gasteiger partial charge in [0.1, 0.15) is 5.82 Å². The number of aliphatic hydroxyl groups excluding tert-OH is 1. The first-order chi connectivity index (χ1) is 13.2. The number of halogens is 1. The molecule has 2 amide bonds. The largest absolute Gasteiger partial charge is 0.396 e. The van der Waals surface area contributed by atoms with Crippen molar-refractivity contribution in [1.82, 2.24) is 0 Å². The van der Waals surface area contributed by atoms with Crippen molar-refractivity contribution in [3.8, 4) is 0 Å². The Kier molecular flexibility index (Phi) is 5.72. The van der Waals surface area contributed by atoms with Gasteiger partial charge in [-0.25, -0.2) is 9.29 Å². The Hall–Kier alpha value is -2.44. The number of anilines is 1. The molecule has 3 rings (SSSR count). The molecule has 0 bridgehead atoms. The highest BCUT2D eigenvalue weighted by Gasteiger charge is 2.40. The first-order valence-electron chi connectivity index (χ1n) is 8.97. The summed E-state index contributed by atoms with van der Waals surface area (Å²) < 4.78 is 13.3. The van der Waals surface area contributed by atoms with Gasteiger partial charge in [-0.15, -0.1) is 11.8 Å². The Balaban J connectivity index is 2.01. The molecule has 2 aromatic rings. The topological polar surface area (TPSA) is 57.6 Å².